The fourth-order valence-electron chi connectivity index (χ4n) is 4.06. The molecule has 0 bridgehead atoms. The number of hydrogen-bond donors (Lipinski definition) is 0. The van der Waals surface area contributed by atoms with Crippen LogP contribution in [0.25, 0.3) is 0 Å². The molecule has 1 atom stereocenters. The average molecular weight is 582 g/mol. The van der Waals surface area contributed by atoms with E-state index in [-0.39, 0.29) is 18.6 Å². The molecular weight excluding hydrogens is 557 g/mol. The van der Waals surface area contributed by atoms with E-state index in [1.54, 1.807) is 12.1 Å². The maximum absolute atomic E-state index is 12.9. The minimum atomic E-state index is -4.37. The molecule has 0 radical (unpaired) electrons. The van der Waals surface area contributed by atoms with Crippen molar-refractivity contribution in [2.24, 2.45) is 0 Å². The number of benzene rings is 3. The van der Waals surface area contributed by atoms with E-state index in [0.717, 1.165) is 22.2 Å². The lowest BCUT2D eigenvalue weighted by atomic mass is 10.1. The van der Waals surface area contributed by atoms with Crippen LogP contribution in [0, 0.1) is 0 Å². The molecule has 1 saturated heterocycles. The van der Waals surface area contributed by atoms with E-state index < -0.39 is 11.7 Å². The first kappa shape index (κ1) is 26.7. The van der Waals surface area contributed by atoms with Gasteiger partial charge in [-0.1, -0.05) is 51.8 Å². The second-order valence-electron chi connectivity index (χ2n) is 8.65. The molecule has 0 spiro atoms. The van der Waals surface area contributed by atoms with E-state index in [2.05, 4.69) is 20.8 Å². The van der Waals surface area contributed by atoms with Crippen molar-refractivity contribution in [3.05, 3.63) is 105 Å². The summed E-state index contributed by atoms with van der Waals surface area (Å²) in [6.45, 7) is 3.34. The summed E-state index contributed by atoms with van der Waals surface area (Å²) in [7, 11) is 0. The highest BCUT2D eigenvalue weighted by molar-refractivity contribution is 9.10. The Bertz CT molecular complexity index is 1150. The van der Waals surface area contributed by atoms with Crippen LogP contribution >= 0.6 is 27.5 Å². The fourth-order valence-corrected chi connectivity index (χ4v) is 4.45. The van der Waals surface area contributed by atoms with Crippen molar-refractivity contribution < 1.29 is 22.7 Å². The second-order valence-corrected chi connectivity index (χ2v) is 10.00. The van der Waals surface area contributed by atoms with Gasteiger partial charge in [-0.3, -0.25) is 9.69 Å². The van der Waals surface area contributed by atoms with Gasteiger partial charge in [-0.05, 0) is 59.7 Å². The van der Waals surface area contributed by atoms with Gasteiger partial charge < -0.3 is 9.64 Å². The van der Waals surface area contributed by atoms with Crippen molar-refractivity contribution in [2.45, 2.75) is 18.9 Å². The highest BCUT2D eigenvalue weighted by Gasteiger charge is 2.30. The van der Waals surface area contributed by atoms with Crippen LogP contribution in [-0.4, -0.2) is 48.4 Å². The fraction of sp³-hybridized carbons (Fsp3) is 0.296. The third kappa shape index (κ3) is 7.09. The first-order chi connectivity index (χ1) is 17.2. The number of ether oxygens (including phenoxy) is 1. The highest BCUT2D eigenvalue weighted by Crippen LogP contribution is 2.30. The van der Waals surface area contributed by atoms with Crippen molar-refractivity contribution in [1.29, 1.82) is 0 Å². The number of carbonyl (C=O) groups excluding carboxylic acids is 1. The molecule has 0 aliphatic carbocycles. The number of hydrogen-bond acceptors (Lipinski definition) is 3. The van der Waals surface area contributed by atoms with Crippen LogP contribution in [0.1, 0.15) is 33.2 Å². The molecular formula is C27H25BrClF3N2O2. The second kappa shape index (κ2) is 11.8. The molecule has 1 fully saturated rings. The van der Waals surface area contributed by atoms with Gasteiger partial charge >= 0.3 is 6.18 Å². The van der Waals surface area contributed by atoms with Gasteiger partial charge in [-0.25, -0.2) is 0 Å². The highest BCUT2D eigenvalue weighted by atomic mass is 79.9. The molecule has 1 unspecified atom stereocenters. The normalized spacial score (nSPS) is 15.6. The number of rotatable bonds is 7. The smallest absolute Gasteiger partial charge is 0.368 e. The zero-order valence-electron chi connectivity index (χ0n) is 19.3. The summed E-state index contributed by atoms with van der Waals surface area (Å²) in [5.74, 6) is 0.00922. The van der Waals surface area contributed by atoms with E-state index in [1.165, 1.54) is 12.1 Å². The number of carbonyl (C=O) groups is 1. The number of alkyl halides is 3. The number of amides is 1. The van der Waals surface area contributed by atoms with Crippen molar-refractivity contribution >= 4 is 33.4 Å². The van der Waals surface area contributed by atoms with Gasteiger partial charge in [0.2, 0.25) is 0 Å². The lowest BCUT2D eigenvalue weighted by Crippen LogP contribution is -2.49. The molecule has 1 aliphatic rings. The van der Waals surface area contributed by atoms with Gasteiger partial charge in [0.25, 0.3) is 5.91 Å². The van der Waals surface area contributed by atoms with Crippen LogP contribution in [-0.2, 0) is 17.5 Å². The number of halogens is 5. The molecule has 1 amide bonds. The van der Waals surface area contributed by atoms with Crippen LogP contribution in [0.5, 0.6) is 0 Å². The molecule has 1 aliphatic heterocycles. The standard InChI is InChI=1S/C27H25BrClF3N2O2/c28-23-9-3-21(4-10-23)26(35)34-15-13-33(14-16-34)17-25(20-5-11-24(29)12-6-20)36-18-19-1-7-22(8-2-19)27(30,31)32/h1-12,25H,13-18H2. The maximum atomic E-state index is 12.9. The summed E-state index contributed by atoms with van der Waals surface area (Å²) >= 11 is 9.44. The van der Waals surface area contributed by atoms with Gasteiger partial charge in [0.1, 0.15) is 0 Å². The van der Waals surface area contributed by atoms with Crippen LogP contribution in [0.4, 0.5) is 13.2 Å². The molecule has 3 aromatic carbocycles. The Morgan fingerprint density at radius 1 is 0.917 bits per heavy atom. The average Bonchev–Trinajstić information content (AvgIpc) is 2.87. The minimum absolute atomic E-state index is 0.00922. The maximum Gasteiger partial charge on any atom is 0.416 e. The first-order valence-electron chi connectivity index (χ1n) is 11.5. The lowest BCUT2D eigenvalue weighted by molar-refractivity contribution is -0.137. The zero-order chi connectivity index (χ0) is 25.7. The van der Waals surface area contributed by atoms with Gasteiger partial charge in [-0.2, -0.15) is 13.2 Å². The Morgan fingerprint density at radius 3 is 2.11 bits per heavy atom. The van der Waals surface area contributed by atoms with Gasteiger partial charge in [0.05, 0.1) is 18.3 Å². The topological polar surface area (TPSA) is 32.8 Å². The molecule has 0 aromatic heterocycles. The predicted octanol–water partition coefficient (Wildman–Crippen LogP) is 6.84. The van der Waals surface area contributed by atoms with Crippen molar-refractivity contribution in [1.82, 2.24) is 9.80 Å². The quantitative estimate of drug-likeness (QED) is 0.306. The SMILES string of the molecule is O=C(c1ccc(Br)cc1)N1CCN(CC(OCc2ccc(C(F)(F)F)cc2)c2ccc(Cl)cc2)CC1. The molecule has 4 rings (SSSR count). The third-order valence-electron chi connectivity index (χ3n) is 6.15. The summed E-state index contributed by atoms with van der Waals surface area (Å²) in [5, 5.41) is 0.611. The molecule has 4 nitrogen and oxygen atoms in total. The molecule has 3 aromatic rings. The molecule has 0 saturated carbocycles. The Labute approximate surface area is 221 Å². The zero-order valence-corrected chi connectivity index (χ0v) is 21.7. The summed E-state index contributed by atoms with van der Waals surface area (Å²) in [5.41, 5.74) is 1.56. The number of nitrogens with zero attached hydrogens (tertiary/aromatic N) is 2. The predicted molar refractivity (Wildman–Crippen MR) is 137 cm³/mol. The van der Waals surface area contributed by atoms with E-state index in [9.17, 15) is 18.0 Å². The van der Waals surface area contributed by atoms with Crippen LogP contribution < -0.4 is 0 Å². The summed E-state index contributed by atoms with van der Waals surface area (Å²) < 4.78 is 45.7. The van der Waals surface area contributed by atoms with Crippen LogP contribution in [0.15, 0.2) is 77.3 Å². The summed E-state index contributed by atoms with van der Waals surface area (Å²) in [6.07, 6.45) is -4.68. The summed E-state index contributed by atoms with van der Waals surface area (Å²) in [6, 6.07) is 19.7. The Kier molecular flexibility index (Phi) is 8.72. The van der Waals surface area contributed by atoms with E-state index in [4.69, 9.17) is 16.3 Å². The molecule has 0 N–H and O–H groups in total. The van der Waals surface area contributed by atoms with Crippen molar-refractivity contribution in [2.75, 3.05) is 32.7 Å². The molecule has 36 heavy (non-hydrogen) atoms. The lowest BCUT2D eigenvalue weighted by Gasteiger charge is -2.36. The molecule has 9 heteroatoms. The largest absolute Gasteiger partial charge is 0.416 e. The van der Waals surface area contributed by atoms with E-state index in [1.807, 2.05) is 41.3 Å². The third-order valence-corrected chi connectivity index (χ3v) is 6.93. The Hall–Kier alpha value is -2.39. The number of piperazine rings is 1. The van der Waals surface area contributed by atoms with Crippen LogP contribution in [0.2, 0.25) is 5.02 Å². The molecule has 190 valence electrons. The van der Waals surface area contributed by atoms with Gasteiger partial charge in [0, 0.05) is 47.8 Å². The van der Waals surface area contributed by atoms with Gasteiger partial charge in [-0.15, -0.1) is 0 Å². The van der Waals surface area contributed by atoms with E-state index in [0.29, 0.717) is 48.9 Å². The Balaban J connectivity index is 1.38. The van der Waals surface area contributed by atoms with E-state index >= 15 is 0 Å². The first-order valence-corrected chi connectivity index (χ1v) is 12.7. The minimum Gasteiger partial charge on any atom is -0.368 e. The van der Waals surface area contributed by atoms with Crippen molar-refractivity contribution in [3.8, 4) is 0 Å². The van der Waals surface area contributed by atoms with Crippen molar-refractivity contribution in [3.63, 3.8) is 0 Å². The monoisotopic (exact) mass is 580 g/mol. The summed E-state index contributed by atoms with van der Waals surface area (Å²) in [4.78, 5) is 16.9. The molecule has 1 heterocycles. The Morgan fingerprint density at radius 2 is 1.53 bits per heavy atom. The van der Waals surface area contributed by atoms with Crippen LogP contribution in [0.3, 0.4) is 0 Å². The van der Waals surface area contributed by atoms with Gasteiger partial charge in [0.15, 0.2) is 0 Å².